The molecule has 0 amide bonds. The van der Waals surface area contributed by atoms with E-state index in [0.29, 0.717) is 28.1 Å². The Kier molecular flexibility index (Phi) is 13.1. The summed E-state index contributed by atoms with van der Waals surface area (Å²) in [5, 5.41) is 32.1. The molecule has 0 heterocycles. The van der Waals surface area contributed by atoms with Crippen LogP contribution in [0.4, 0.5) is 0 Å². The molecule has 2 aromatic rings. The van der Waals surface area contributed by atoms with E-state index in [0.717, 1.165) is 37.6 Å². The average molecular weight is 679 g/mol. The Bertz CT molecular complexity index is 1270. The van der Waals surface area contributed by atoms with Crippen LogP contribution in [-0.2, 0) is 26.4 Å². The van der Waals surface area contributed by atoms with E-state index >= 15 is 0 Å². The summed E-state index contributed by atoms with van der Waals surface area (Å²) in [6, 6.07) is 8.00. The average Bonchev–Trinajstić information content (AvgIpc) is 2.86. The number of aliphatic hydroxyl groups excluding tert-OH is 1. The highest BCUT2D eigenvalue weighted by Crippen LogP contribution is 2.42. The van der Waals surface area contributed by atoms with Crippen molar-refractivity contribution >= 4 is 56.4 Å². The fourth-order valence-corrected chi connectivity index (χ4v) is 7.12. The van der Waals surface area contributed by atoms with E-state index in [4.69, 9.17) is 29.2 Å². The van der Waals surface area contributed by atoms with Crippen LogP contribution in [0.3, 0.4) is 0 Å². The number of thiocarbonyl (C=S) groups is 2. The van der Waals surface area contributed by atoms with E-state index in [9.17, 15) is 15.3 Å². The fourth-order valence-electron chi connectivity index (χ4n) is 4.73. The van der Waals surface area contributed by atoms with Gasteiger partial charge in [-0.15, -0.1) is 23.5 Å². The molecule has 0 spiro atoms. The highest BCUT2D eigenvalue weighted by Gasteiger charge is 2.29. The van der Waals surface area contributed by atoms with Crippen molar-refractivity contribution in [1.29, 1.82) is 0 Å². The summed E-state index contributed by atoms with van der Waals surface area (Å²) >= 11 is 14.7. The van der Waals surface area contributed by atoms with Crippen molar-refractivity contribution < 1.29 is 20.1 Å². The van der Waals surface area contributed by atoms with Crippen LogP contribution in [0.2, 0.25) is 0 Å². The number of phenols is 2. The van der Waals surface area contributed by atoms with E-state index in [1.165, 1.54) is 11.8 Å². The zero-order valence-corrected chi connectivity index (χ0v) is 32.2. The van der Waals surface area contributed by atoms with Crippen molar-refractivity contribution in [2.45, 2.75) is 123 Å². The SMILES string of the molecule is CC(CSC(=S)c1cc(C(C)(C)C)c(O)c(C(C)(C)C)c1)OCC(CO)SC(=S)c1cc(C(C)(C)C)c(O)c(C(C)(C)C)c1. The lowest BCUT2D eigenvalue weighted by Gasteiger charge is -2.28. The number of phenolic OH excluding ortho intramolecular Hbond substituents is 2. The summed E-state index contributed by atoms with van der Waals surface area (Å²) < 4.78 is 7.60. The van der Waals surface area contributed by atoms with Crippen LogP contribution in [0.25, 0.3) is 0 Å². The van der Waals surface area contributed by atoms with E-state index in [1.807, 2.05) is 31.2 Å². The first-order valence-corrected chi connectivity index (χ1v) is 17.9. The van der Waals surface area contributed by atoms with Crippen LogP contribution >= 0.6 is 48.0 Å². The molecule has 2 aromatic carbocycles. The quantitative estimate of drug-likeness (QED) is 0.227. The Labute approximate surface area is 286 Å². The van der Waals surface area contributed by atoms with E-state index in [-0.39, 0.29) is 39.6 Å². The number of ether oxygens (including phenoxy) is 1. The molecule has 0 radical (unpaired) electrons. The topological polar surface area (TPSA) is 69.9 Å². The maximum Gasteiger partial charge on any atom is 0.123 e. The third kappa shape index (κ3) is 10.4. The van der Waals surface area contributed by atoms with E-state index < -0.39 is 0 Å². The summed E-state index contributed by atoms with van der Waals surface area (Å²) in [6.07, 6.45) is -0.101. The Morgan fingerprint density at radius 3 is 1.34 bits per heavy atom. The van der Waals surface area contributed by atoms with Gasteiger partial charge in [-0.25, -0.2) is 0 Å². The Hall–Kier alpha value is -1.16. The number of hydrogen-bond acceptors (Lipinski definition) is 8. The van der Waals surface area contributed by atoms with E-state index in [1.54, 1.807) is 11.8 Å². The van der Waals surface area contributed by atoms with Crippen molar-refractivity contribution in [3.05, 3.63) is 57.6 Å². The minimum atomic E-state index is -0.254. The van der Waals surface area contributed by atoms with Crippen molar-refractivity contribution in [3.63, 3.8) is 0 Å². The number of benzene rings is 2. The van der Waals surface area contributed by atoms with Gasteiger partial charge in [0.05, 0.1) is 33.0 Å². The Balaban J connectivity index is 2.12. The van der Waals surface area contributed by atoms with Crippen LogP contribution < -0.4 is 0 Å². The fraction of sp³-hybridized carbons (Fsp3) is 0.611. The molecule has 0 aliphatic carbocycles. The highest BCUT2D eigenvalue weighted by atomic mass is 32.2. The van der Waals surface area contributed by atoms with Crippen molar-refractivity contribution in [3.8, 4) is 11.5 Å². The molecule has 0 aliphatic rings. The molecule has 0 aliphatic heterocycles. The highest BCUT2D eigenvalue weighted by molar-refractivity contribution is 8.24. The van der Waals surface area contributed by atoms with Gasteiger partial charge in [0, 0.05) is 28.0 Å². The van der Waals surface area contributed by atoms with Gasteiger partial charge in [0.25, 0.3) is 0 Å². The second-order valence-corrected chi connectivity index (χ2v) is 19.5. The molecule has 3 N–H and O–H groups in total. The van der Waals surface area contributed by atoms with Crippen LogP contribution in [0.1, 0.15) is 123 Å². The lowest BCUT2D eigenvalue weighted by Crippen LogP contribution is -2.24. The van der Waals surface area contributed by atoms with Crippen molar-refractivity contribution in [2.75, 3.05) is 19.0 Å². The van der Waals surface area contributed by atoms with Gasteiger partial charge in [-0.05, 0) is 64.0 Å². The lowest BCUT2D eigenvalue weighted by molar-refractivity contribution is 0.0741. The van der Waals surface area contributed by atoms with Gasteiger partial charge < -0.3 is 20.1 Å². The maximum atomic E-state index is 11.1. The summed E-state index contributed by atoms with van der Waals surface area (Å²) in [5.74, 6) is 1.33. The lowest BCUT2D eigenvalue weighted by atomic mass is 9.78. The number of hydrogen-bond donors (Lipinski definition) is 3. The molecular weight excluding hydrogens is 625 g/mol. The van der Waals surface area contributed by atoms with Crippen LogP contribution in [0.5, 0.6) is 11.5 Å². The smallest absolute Gasteiger partial charge is 0.123 e. The minimum absolute atomic E-state index is 0.0713. The molecule has 2 rings (SSSR count). The molecule has 2 atom stereocenters. The monoisotopic (exact) mass is 678 g/mol. The predicted molar refractivity (Wildman–Crippen MR) is 201 cm³/mol. The first kappa shape index (κ1) is 39.0. The molecule has 0 saturated heterocycles. The molecule has 2 unspecified atom stereocenters. The molecule has 4 nitrogen and oxygen atoms in total. The largest absolute Gasteiger partial charge is 0.507 e. The van der Waals surface area contributed by atoms with Crippen LogP contribution in [-0.4, -0.2) is 54.0 Å². The summed E-state index contributed by atoms with van der Waals surface area (Å²) in [7, 11) is 0. The third-order valence-corrected chi connectivity index (χ3v) is 10.7. The molecular formula is C36H54O4S4. The van der Waals surface area contributed by atoms with Crippen molar-refractivity contribution in [1.82, 2.24) is 0 Å². The second kappa shape index (κ2) is 14.7. The van der Waals surface area contributed by atoms with Gasteiger partial charge in [0.15, 0.2) is 0 Å². The maximum absolute atomic E-state index is 11.1. The van der Waals surface area contributed by atoms with Crippen molar-refractivity contribution in [2.24, 2.45) is 0 Å². The summed E-state index contributed by atoms with van der Waals surface area (Å²) in [6.45, 7) is 27.4. The number of rotatable bonds is 9. The zero-order valence-electron chi connectivity index (χ0n) is 29.0. The van der Waals surface area contributed by atoms with Gasteiger partial charge in [0.2, 0.25) is 0 Å². The zero-order chi connectivity index (χ0) is 34.0. The normalized spacial score (nSPS) is 14.4. The minimum Gasteiger partial charge on any atom is -0.507 e. The molecule has 8 heteroatoms. The molecule has 44 heavy (non-hydrogen) atoms. The van der Waals surface area contributed by atoms with Gasteiger partial charge >= 0.3 is 0 Å². The van der Waals surface area contributed by atoms with E-state index in [2.05, 4.69) is 83.1 Å². The second-order valence-electron chi connectivity index (χ2n) is 15.8. The van der Waals surface area contributed by atoms with Gasteiger partial charge in [-0.1, -0.05) is 108 Å². The van der Waals surface area contributed by atoms with Gasteiger partial charge in [0.1, 0.15) is 11.5 Å². The molecule has 0 fully saturated rings. The van der Waals surface area contributed by atoms with Crippen LogP contribution in [0, 0.1) is 0 Å². The summed E-state index contributed by atoms with van der Waals surface area (Å²) in [5.41, 5.74) is 4.37. The molecule has 0 bridgehead atoms. The molecule has 246 valence electrons. The molecule has 0 saturated carbocycles. The summed E-state index contributed by atoms with van der Waals surface area (Å²) in [4.78, 5) is 0. The third-order valence-electron chi connectivity index (χ3n) is 7.42. The number of aliphatic hydroxyl groups is 1. The standard InChI is InChI=1S/C36H54O4S4/c1-21(20-43-31(41)22-14-25(33(2,3)4)29(38)26(15-22)34(5,6)7)40-19-24(18-37)44-32(42)23-16-27(35(8,9)10)30(39)28(17-23)36(11,12)13/h14-17,21,24,37-39H,18-20H2,1-13H3. The van der Waals surface area contributed by atoms with Gasteiger partial charge in [-0.2, -0.15) is 0 Å². The Morgan fingerprint density at radius 1 is 0.682 bits per heavy atom. The number of aromatic hydroxyl groups is 2. The van der Waals surface area contributed by atoms with Crippen LogP contribution in [0.15, 0.2) is 24.3 Å². The van der Waals surface area contributed by atoms with Gasteiger partial charge in [-0.3, -0.25) is 0 Å². The Morgan fingerprint density at radius 2 is 1.02 bits per heavy atom. The first-order chi connectivity index (χ1) is 19.9. The predicted octanol–water partition coefficient (Wildman–Crippen LogP) is 9.57. The number of thioether (sulfide) groups is 2. The molecule has 0 aromatic heterocycles. The first-order valence-electron chi connectivity index (χ1n) is 15.2.